The fourth-order valence-corrected chi connectivity index (χ4v) is 4.26. The van der Waals surface area contributed by atoms with Crippen molar-refractivity contribution in [2.45, 2.75) is 64.8 Å². The van der Waals surface area contributed by atoms with Gasteiger partial charge in [-0.25, -0.2) is 8.78 Å². The highest BCUT2D eigenvalue weighted by Gasteiger charge is 2.48. The lowest BCUT2D eigenvalue weighted by atomic mass is 9.96. The van der Waals surface area contributed by atoms with Crippen LogP contribution in [0.4, 0.5) is 8.78 Å². The van der Waals surface area contributed by atoms with Gasteiger partial charge in [-0.05, 0) is 55.7 Å². The molecule has 0 spiro atoms. The second-order valence-corrected chi connectivity index (χ2v) is 12.7. The summed E-state index contributed by atoms with van der Waals surface area (Å²) < 4.78 is 34.4. The Morgan fingerprint density at radius 3 is 2.14 bits per heavy atom. The van der Waals surface area contributed by atoms with Crippen molar-refractivity contribution in [1.29, 1.82) is 0 Å². The first-order valence-corrected chi connectivity index (χ1v) is 10.7. The summed E-state index contributed by atoms with van der Waals surface area (Å²) in [5.41, 5.74) is -0.283. The van der Waals surface area contributed by atoms with Gasteiger partial charge in [-0.3, -0.25) is 0 Å². The second kappa shape index (κ2) is 6.09. The largest absolute Gasteiger partial charge is 0.402 e. The van der Waals surface area contributed by atoms with Crippen LogP contribution in [0.2, 0.25) is 18.1 Å². The van der Waals surface area contributed by atoms with Gasteiger partial charge in [0.15, 0.2) is 8.32 Å². The van der Waals surface area contributed by atoms with Crippen molar-refractivity contribution in [3.05, 3.63) is 33.8 Å². The molecule has 119 valence electrons. The highest BCUT2D eigenvalue weighted by atomic mass is 79.9. The molecule has 0 saturated carbocycles. The zero-order valence-electron chi connectivity index (χ0n) is 13.8. The molecular formula is C16H24BrF2OSi. The lowest BCUT2D eigenvalue weighted by Crippen LogP contribution is -2.50. The summed E-state index contributed by atoms with van der Waals surface area (Å²) in [4.78, 5) is 0. The van der Waals surface area contributed by atoms with E-state index in [2.05, 4.69) is 22.0 Å². The summed E-state index contributed by atoms with van der Waals surface area (Å²) in [6, 6.07) is 6.40. The van der Waals surface area contributed by atoms with Crippen molar-refractivity contribution in [3.63, 3.8) is 0 Å². The third-order valence-corrected chi connectivity index (χ3v) is 9.47. The number of rotatable bonds is 4. The van der Waals surface area contributed by atoms with E-state index in [1.54, 1.807) is 12.1 Å². The maximum absolute atomic E-state index is 13.8. The average Bonchev–Trinajstić information content (AvgIpc) is 2.25. The van der Waals surface area contributed by atoms with Crippen LogP contribution < -0.4 is 0 Å². The van der Waals surface area contributed by atoms with Crippen molar-refractivity contribution >= 4 is 24.2 Å². The lowest BCUT2D eigenvalue weighted by molar-refractivity contribution is -0.0782. The van der Waals surface area contributed by atoms with E-state index in [1.807, 2.05) is 40.8 Å². The molecule has 1 unspecified atom stereocenters. The minimum atomic E-state index is -2.61. The smallest absolute Gasteiger partial charge is 0.269 e. The highest BCUT2D eigenvalue weighted by Crippen LogP contribution is 2.45. The molecule has 21 heavy (non-hydrogen) atoms. The third kappa shape index (κ3) is 3.93. The molecule has 5 heteroatoms. The van der Waals surface area contributed by atoms with E-state index >= 15 is 0 Å². The molecule has 0 N–H and O–H groups in total. The minimum Gasteiger partial charge on any atom is -0.402 e. The van der Waals surface area contributed by atoms with E-state index in [1.165, 1.54) is 6.92 Å². The van der Waals surface area contributed by atoms with Crippen LogP contribution in [-0.4, -0.2) is 14.7 Å². The molecule has 0 amide bonds. The van der Waals surface area contributed by atoms with Crippen LogP contribution in [0.15, 0.2) is 16.6 Å². The van der Waals surface area contributed by atoms with Crippen LogP contribution >= 0.6 is 15.9 Å². The zero-order valence-corrected chi connectivity index (χ0v) is 16.4. The molecule has 0 saturated heterocycles. The van der Waals surface area contributed by atoms with Crippen molar-refractivity contribution in [1.82, 2.24) is 0 Å². The molecule has 0 bridgehead atoms. The van der Waals surface area contributed by atoms with Gasteiger partial charge >= 0.3 is 0 Å². The zero-order chi connectivity index (χ0) is 16.6. The van der Waals surface area contributed by atoms with E-state index in [4.69, 9.17) is 4.43 Å². The number of halogens is 3. The Kier molecular flexibility index (Phi) is 5.45. The van der Waals surface area contributed by atoms with Crippen LogP contribution in [0.5, 0.6) is 0 Å². The number of benzene rings is 1. The van der Waals surface area contributed by atoms with Crippen molar-refractivity contribution in [3.8, 4) is 0 Å². The molecule has 1 atom stereocenters. The fourth-order valence-electron chi connectivity index (χ4n) is 1.85. The minimum absolute atomic E-state index is 0.135. The third-order valence-electron chi connectivity index (χ3n) is 4.27. The number of alkyl halides is 2. The van der Waals surface area contributed by atoms with Crippen LogP contribution in [0.1, 0.15) is 38.8 Å². The Hall–Kier alpha value is -0.263. The molecular weight excluding hydrogens is 354 g/mol. The predicted molar refractivity (Wildman–Crippen MR) is 89.4 cm³/mol. The first-order valence-electron chi connectivity index (χ1n) is 6.98. The van der Waals surface area contributed by atoms with Crippen LogP contribution in [0.25, 0.3) is 0 Å². The van der Waals surface area contributed by atoms with Gasteiger partial charge in [0.2, 0.25) is 0 Å². The first kappa shape index (κ1) is 18.8. The summed E-state index contributed by atoms with van der Waals surface area (Å²) in [5.74, 6) is 0. The molecule has 1 nitrogen and oxygen atoms in total. The van der Waals surface area contributed by atoms with Crippen LogP contribution in [0, 0.1) is 13.0 Å². The van der Waals surface area contributed by atoms with E-state index in [0.717, 1.165) is 5.56 Å². The Labute approximate surface area is 136 Å². The molecule has 0 aliphatic carbocycles. The molecule has 0 aliphatic rings. The van der Waals surface area contributed by atoms with Crippen LogP contribution in [-0.2, 0) is 10.0 Å². The maximum atomic E-state index is 13.8. The van der Waals surface area contributed by atoms with Gasteiger partial charge in [-0.1, -0.05) is 36.7 Å². The van der Waals surface area contributed by atoms with Gasteiger partial charge in [-0.15, -0.1) is 0 Å². The van der Waals surface area contributed by atoms with E-state index in [0.29, 0.717) is 10.0 Å². The standard InChI is InChI=1S/C16H24BrF2OSi/c1-11-8-9-12(13(17)10-11)16(5,14(18)19)20-21(6,7)15(2,3)4/h9-10,14H,1-7H3. The number of hydrogen-bond donors (Lipinski definition) is 0. The van der Waals surface area contributed by atoms with Gasteiger partial charge < -0.3 is 4.43 Å². The van der Waals surface area contributed by atoms with E-state index in [9.17, 15) is 8.78 Å². The summed E-state index contributed by atoms with van der Waals surface area (Å²) in [6.07, 6.45) is -2.61. The Morgan fingerprint density at radius 1 is 1.24 bits per heavy atom. The molecule has 0 aromatic heterocycles. The highest BCUT2D eigenvalue weighted by molar-refractivity contribution is 9.10. The maximum Gasteiger partial charge on any atom is 0.269 e. The normalized spacial score (nSPS) is 16.1. The molecule has 0 heterocycles. The SMILES string of the molecule is Cc1[c]cc(C(C)(O[Si](C)(C)C(C)(C)C)C(F)F)c(Br)c1. The lowest BCUT2D eigenvalue weighted by Gasteiger charge is -2.44. The monoisotopic (exact) mass is 377 g/mol. The number of aryl methyl sites for hydroxylation is 1. The molecule has 0 aliphatic heterocycles. The fraction of sp³-hybridized carbons (Fsp3) is 0.625. The summed E-state index contributed by atoms with van der Waals surface area (Å²) in [6.45, 7) is 13.5. The van der Waals surface area contributed by atoms with E-state index in [-0.39, 0.29) is 5.04 Å². The van der Waals surface area contributed by atoms with Gasteiger partial charge in [-0.2, -0.15) is 0 Å². The van der Waals surface area contributed by atoms with Gasteiger partial charge in [0.1, 0.15) is 5.60 Å². The Morgan fingerprint density at radius 2 is 1.76 bits per heavy atom. The van der Waals surface area contributed by atoms with Crippen molar-refractivity contribution in [2.24, 2.45) is 0 Å². The summed E-state index contributed by atoms with van der Waals surface area (Å²) >= 11 is 3.39. The van der Waals surface area contributed by atoms with E-state index < -0.39 is 20.3 Å². The topological polar surface area (TPSA) is 9.23 Å². The summed E-state index contributed by atoms with van der Waals surface area (Å²) in [5, 5.41) is -0.135. The van der Waals surface area contributed by atoms with Gasteiger partial charge in [0.05, 0.1) is 0 Å². The number of hydrogen-bond acceptors (Lipinski definition) is 1. The van der Waals surface area contributed by atoms with Crippen molar-refractivity contribution in [2.75, 3.05) is 0 Å². The molecule has 1 rings (SSSR count). The Bertz CT molecular complexity index is 511. The first-order chi connectivity index (χ1) is 9.31. The van der Waals surface area contributed by atoms with Crippen LogP contribution in [0.3, 0.4) is 0 Å². The second-order valence-electron chi connectivity index (χ2n) is 7.15. The van der Waals surface area contributed by atoms with Gasteiger partial charge in [0.25, 0.3) is 6.43 Å². The van der Waals surface area contributed by atoms with Gasteiger partial charge in [0, 0.05) is 10.0 Å². The molecule has 0 fully saturated rings. The quantitative estimate of drug-likeness (QED) is 0.579. The predicted octanol–water partition coefficient (Wildman–Crippen LogP) is 6.06. The molecule has 1 aromatic carbocycles. The molecule has 1 radical (unpaired) electrons. The molecule has 1 aromatic rings. The Balaban J connectivity index is 3.33. The summed E-state index contributed by atoms with van der Waals surface area (Å²) in [7, 11) is -2.34. The average molecular weight is 378 g/mol. The van der Waals surface area contributed by atoms with Crippen molar-refractivity contribution < 1.29 is 13.2 Å².